The second kappa shape index (κ2) is 10.9. The molecule has 0 heterocycles. The second-order valence-electron chi connectivity index (χ2n) is 11.3. The quantitative estimate of drug-likeness (QED) is 0.148. The van der Waals surface area contributed by atoms with Gasteiger partial charge in [0.25, 0.3) is 0 Å². The molecule has 3 nitrogen and oxygen atoms in total. The zero-order valence-electron chi connectivity index (χ0n) is 22.6. The number of hydrogen-bond acceptors (Lipinski definition) is 3. The first-order valence-electron chi connectivity index (χ1n) is 12.7. The molecule has 0 N–H and O–H groups in total. The summed E-state index contributed by atoms with van der Waals surface area (Å²) in [6.45, 7) is 12.9. The van der Waals surface area contributed by atoms with Crippen molar-refractivity contribution in [3.05, 3.63) is 119 Å². The van der Waals surface area contributed by atoms with Gasteiger partial charge in [-0.15, -0.1) is 4.91 Å². The summed E-state index contributed by atoms with van der Waals surface area (Å²) in [6, 6.07) is 33.7. The lowest BCUT2D eigenvalue weighted by Crippen LogP contribution is -2.20. The van der Waals surface area contributed by atoms with Crippen molar-refractivity contribution in [1.29, 1.82) is 0 Å². The van der Waals surface area contributed by atoms with Crippen molar-refractivity contribution in [2.24, 2.45) is 10.2 Å². The van der Waals surface area contributed by atoms with Crippen LogP contribution < -0.4 is 15.9 Å². The van der Waals surface area contributed by atoms with Crippen molar-refractivity contribution in [2.45, 2.75) is 52.4 Å². The smallest absolute Gasteiger partial charge is 0.120 e. The van der Waals surface area contributed by atoms with E-state index in [0.717, 1.165) is 22.4 Å². The van der Waals surface area contributed by atoms with Crippen molar-refractivity contribution in [3.63, 3.8) is 0 Å². The van der Waals surface area contributed by atoms with Gasteiger partial charge in [-0.2, -0.15) is 0 Å². The highest BCUT2D eigenvalue weighted by Gasteiger charge is 2.25. The van der Waals surface area contributed by atoms with Crippen LogP contribution in [0.5, 0.6) is 0 Å². The number of rotatable bonds is 6. The number of para-hydroxylation sites is 1. The van der Waals surface area contributed by atoms with Crippen molar-refractivity contribution < 1.29 is 0 Å². The van der Waals surface area contributed by atoms with Gasteiger partial charge in [0.2, 0.25) is 0 Å². The van der Waals surface area contributed by atoms with Gasteiger partial charge < -0.3 is 0 Å². The Balaban J connectivity index is 1.88. The van der Waals surface area contributed by atoms with E-state index in [2.05, 4.69) is 138 Å². The van der Waals surface area contributed by atoms with Crippen LogP contribution in [-0.4, -0.2) is 6.21 Å². The number of nitrogens with zero attached hydrogens (tertiary/aromatic N) is 2. The summed E-state index contributed by atoms with van der Waals surface area (Å²) in [4.78, 5) is 17.1. The highest BCUT2D eigenvalue weighted by Crippen LogP contribution is 2.39. The Kier molecular flexibility index (Phi) is 7.85. The van der Waals surface area contributed by atoms with E-state index >= 15 is 0 Å². The Hall–Kier alpha value is -3.42. The molecule has 0 saturated heterocycles. The largest absolute Gasteiger partial charge is 0.255 e. The van der Waals surface area contributed by atoms with Crippen LogP contribution in [0.25, 0.3) is 0 Å². The molecule has 0 aromatic heterocycles. The van der Waals surface area contributed by atoms with Crippen LogP contribution in [0, 0.1) is 4.91 Å². The fourth-order valence-corrected chi connectivity index (χ4v) is 6.74. The van der Waals surface area contributed by atoms with Crippen LogP contribution in [0.1, 0.15) is 58.2 Å². The van der Waals surface area contributed by atoms with Gasteiger partial charge in [0.1, 0.15) is 5.69 Å². The highest BCUT2D eigenvalue weighted by molar-refractivity contribution is 7.80. The van der Waals surface area contributed by atoms with Crippen LogP contribution in [0.4, 0.5) is 11.4 Å². The average Bonchev–Trinajstić information content (AvgIpc) is 2.88. The number of aliphatic imine (C=N–C) groups is 1. The van der Waals surface area contributed by atoms with E-state index in [1.807, 2.05) is 12.3 Å². The molecule has 4 rings (SSSR count). The molecule has 0 radical (unpaired) electrons. The Morgan fingerprint density at radius 3 is 1.73 bits per heavy atom. The summed E-state index contributed by atoms with van der Waals surface area (Å²) in [6.07, 6.45) is 1.82. The maximum atomic E-state index is 12.1. The fraction of sp³-hybridized carbons (Fsp3) is 0.242. The Morgan fingerprint density at radius 1 is 0.676 bits per heavy atom. The molecule has 37 heavy (non-hydrogen) atoms. The Labute approximate surface area is 222 Å². The lowest BCUT2D eigenvalue weighted by atomic mass is 9.78. The maximum absolute atomic E-state index is 12.1. The predicted molar refractivity (Wildman–Crippen MR) is 162 cm³/mol. The molecule has 0 saturated carbocycles. The minimum Gasteiger partial charge on any atom is -0.255 e. The zero-order chi connectivity index (χ0) is 26.6. The van der Waals surface area contributed by atoms with E-state index in [9.17, 15) is 4.91 Å². The summed E-state index contributed by atoms with van der Waals surface area (Å²) in [5.74, 6) is 0. The third-order valence-electron chi connectivity index (χ3n) is 6.40. The summed E-state index contributed by atoms with van der Waals surface area (Å²) in [5, 5.41) is 7.20. The first kappa shape index (κ1) is 26.6. The standard InChI is InChI=1S/C33H35N2OP/c1-32(2,3)25-21-24(31(35-36)28(22-25)33(4,5)6)23-34-29-19-13-14-20-30(29)37(26-15-9-7-10-16-26)27-17-11-8-12-18-27/h7-23H,1-6H3. The predicted octanol–water partition coefficient (Wildman–Crippen LogP) is 8.19. The van der Waals surface area contributed by atoms with Crippen molar-refractivity contribution >= 4 is 41.4 Å². The lowest BCUT2D eigenvalue weighted by molar-refractivity contribution is 0.569. The van der Waals surface area contributed by atoms with Crippen LogP contribution in [-0.2, 0) is 10.8 Å². The molecule has 0 spiro atoms. The molecule has 0 fully saturated rings. The van der Waals surface area contributed by atoms with Crippen molar-refractivity contribution in [2.75, 3.05) is 0 Å². The Morgan fingerprint density at radius 2 is 1.22 bits per heavy atom. The molecular weight excluding hydrogens is 471 g/mol. The van der Waals surface area contributed by atoms with Crippen molar-refractivity contribution in [1.82, 2.24) is 0 Å². The minimum atomic E-state index is -0.807. The molecule has 0 aliphatic heterocycles. The van der Waals surface area contributed by atoms with E-state index < -0.39 is 7.92 Å². The van der Waals surface area contributed by atoms with E-state index in [-0.39, 0.29) is 10.8 Å². The fourth-order valence-electron chi connectivity index (χ4n) is 4.34. The van der Waals surface area contributed by atoms with E-state index in [4.69, 9.17) is 4.99 Å². The molecule has 0 amide bonds. The number of hydrogen-bond donors (Lipinski definition) is 0. The average molecular weight is 507 g/mol. The molecule has 0 unspecified atom stereocenters. The molecule has 0 aliphatic carbocycles. The third kappa shape index (κ3) is 6.12. The molecule has 4 heteroatoms. The number of nitroso groups, excluding NO2 is 1. The van der Waals surface area contributed by atoms with Crippen LogP contribution in [0.15, 0.2) is 107 Å². The lowest BCUT2D eigenvalue weighted by Gasteiger charge is -2.26. The minimum absolute atomic E-state index is 0.0726. The molecule has 4 aromatic rings. The summed E-state index contributed by atoms with van der Waals surface area (Å²) in [5.41, 5.74) is 3.94. The molecule has 4 aromatic carbocycles. The topological polar surface area (TPSA) is 41.8 Å². The molecule has 188 valence electrons. The first-order chi connectivity index (χ1) is 17.6. The van der Waals surface area contributed by atoms with Crippen molar-refractivity contribution in [3.8, 4) is 0 Å². The maximum Gasteiger partial charge on any atom is 0.120 e. The molecular formula is C33H35N2OP. The van der Waals surface area contributed by atoms with Gasteiger partial charge in [-0.05, 0) is 57.8 Å². The van der Waals surface area contributed by atoms with E-state index in [0.29, 0.717) is 5.69 Å². The molecule has 0 bridgehead atoms. The summed E-state index contributed by atoms with van der Waals surface area (Å²) in [7, 11) is -0.807. The summed E-state index contributed by atoms with van der Waals surface area (Å²) >= 11 is 0. The van der Waals surface area contributed by atoms with Crippen LogP contribution >= 0.6 is 7.92 Å². The van der Waals surface area contributed by atoms with Gasteiger partial charge in [-0.3, -0.25) is 4.99 Å². The van der Waals surface area contributed by atoms with Gasteiger partial charge in [0.05, 0.1) is 5.69 Å². The highest BCUT2D eigenvalue weighted by atomic mass is 31.1. The van der Waals surface area contributed by atoms with Gasteiger partial charge >= 0.3 is 0 Å². The SMILES string of the molecule is CC(C)(C)c1cc(C=Nc2ccccc2P(c2ccccc2)c2ccccc2)c(N=O)c(C(C)(C)C)c1. The van der Waals surface area contributed by atoms with Gasteiger partial charge in [-0.1, -0.05) is 126 Å². The van der Waals surface area contributed by atoms with Crippen LogP contribution in [0.3, 0.4) is 0 Å². The zero-order valence-corrected chi connectivity index (χ0v) is 23.5. The molecule has 0 aliphatic rings. The van der Waals surface area contributed by atoms with Crippen LogP contribution in [0.2, 0.25) is 0 Å². The van der Waals surface area contributed by atoms with Gasteiger partial charge in [0.15, 0.2) is 0 Å². The van der Waals surface area contributed by atoms with E-state index in [1.54, 1.807) is 0 Å². The normalized spacial score (nSPS) is 12.3. The Bertz CT molecular complexity index is 1360. The first-order valence-corrected chi connectivity index (χ1v) is 14.0. The van der Waals surface area contributed by atoms with Gasteiger partial charge in [-0.25, -0.2) is 0 Å². The van der Waals surface area contributed by atoms with Gasteiger partial charge in [0, 0.05) is 17.1 Å². The molecule has 0 atom stereocenters. The van der Waals surface area contributed by atoms with E-state index in [1.165, 1.54) is 15.9 Å². The monoisotopic (exact) mass is 506 g/mol. The third-order valence-corrected chi connectivity index (χ3v) is 8.89. The summed E-state index contributed by atoms with van der Waals surface area (Å²) < 4.78 is 0. The number of benzene rings is 4. The second-order valence-corrected chi connectivity index (χ2v) is 13.5.